The highest BCUT2D eigenvalue weighted by Gasteiger charge is 2.55. The second kappa shape index (κ2) is 3.78. The van der Waals surface area contributed by atoms with Crippen molar-refractivity contribution in [2.75, 3.05) is 6.54 Å². The van der Waals surface area contributed by atoms with Crippen molar-refractivity contribution < 1.29 is 18.3 Å². The van der Waals surface area contributed by atoms with Crippen LogP contribution in [0.15, 0.2) is 6.07 Å². The van der Waals surface area contributed by atoms with Crippen LogP contribution in [0.3, 0.4) is 0 Å². The summed E-state index contributed by atoms with van der Waals surface area (Å²) in [4.78, 5) is 0. The largest absolute Gasteiger partial charge is 0.422 e. The van der Waals surface area contributed by atoms with Crippen molar-refractivity contribution in [1.29, 1.82) is 0 Å². The van der Waals surface area contributed by atoms with Crippen LogP contribution >= 0.6 is 0 Å². The summed E-state index contributed by atoms with van der Waals surface area (Å²) in [6.07, 6.45) is -4.78. The molecule has 16 heavy (non-hydrogen) atoms. The summed E-state index contributed by atoms with van der Waals surface area (Å²) in [6, 6.07) is 1.32. The molecule has 1 aromatic heterocycles. The van der Waals surface area contributed by atoms with Gasteiger partial charge in [0.1, 0.15) is 0 Å². The van der Waals surface area contributed by atoms with Crippen LogP contribution in [0.5, 0.6) is 0 Å². The van der Waals surface area contributed by atoms with E-state index in [-0.39, 0.29) is 5.56 Å². The molecular formula is C10H15F3N2O. The van der Waals surface area contributed by atoms with Crippen LogP contribution in [0.4, 0.5) is 13.2 Å². The van der Waals surface area contributed by atoms with Gasteiger partial charge in [0.15, 0.2) is 5.60 Å². The zero-order valence-corrected chi connectivity index (χ0v) is 9.39. The molecule has 0 saturated heterocycles. The van der Waals surface area contributed by atoms with Crippen molar-refractivity contribution in [3.63, 3.8) is 0 Å². The highest BCUT2D eigenvalue weighted by Crippen LogP contribution is 2.40. The molecule has 0 bridgehead atoms. The predicted octanol–water partition coefficient (Wildman–Crippen LogP) is 1.35. The Morgan fingerprint density at radius 3 is 2.12 bits per heavy atom. The third kappa shape index (κ3) is 1.72. The molecule has 1 unspecified atom stereocenters. The highest BCUT2D eigenvalue weighted by molar-refractivity contribution is 5.33. The van der Waals surface area contributed by atoms with E-state index >= 15 is 0 Å². The Labute approximate surface area is 91.7 Å². The summed E-state index contributed by atoms with van der Waals surface area (Å²) in [6.45, 7) is 2.30. The van der Waals surface area contributed by atoms with Gasteiger partial charge in [-0.1, -0.05) is 0 Å². The monoisotopic (exact) mass is 236 g/mol. The maximum absolute atomic E-state index is 12.8. The molecule has 3 nitrogen and oxygen atoms in total. The van der Waals surface area contributed by atoms with Crippen LogP contribution in [0.1, 0.15) is 17.0 Å². The number of aliphatic hydroxyl groups is 1. The van der Waals surface area contributed by atoms with Crippen molar-refractivity contribution in [2.45, 2.75) is 25.6 Å². The van der Waals surface area contributed by atoms with Crippen LogP contribution in [0.2, 0.25) is 0 Å². The van der Waals surface area contributed by atoms with E-state index in [9.17, 15) is 18.3 Å². The first-order valence-corrected chi connectivity index (χ1v) is 4.77. The predicted molar refractivity (Wildman–Crippen MR) is 53.9 cm³/mol. The second-order valence-corrected chi connectivity index (χ2v) is 3.91. The minimum Gasteiger partial charge on any atom is -0.375 e. The van der Waals surface area contributed by atoms with Crippen molar-refractivity contribution in [3.8, 4) is 0 Å². The lowest BCUT2D eigenvalue weighted by molar-refractivity contribution is -0.262. The lowest BCUT2D eigenvalue weighted by atomic mass is 9.93. The first-order chi connectivity index (χ1) is 7.15. The Kier molecular flexibility index (Phi) is 3.08. The van der Waals surface area contributed by atoms with Gasteiger partial charge >= 0.3 is 6.18 Å². The molecule has 0 aliphatic carbocycles. The first-order valence-electron chi connectivity index (χ1n) is 4.77. The molecule has 6 heteroatoms. The lowest BCUT2D eigenvalue weighted by Crippen LogP contribution is -2.48. The standard InChI is InChI=1S/C10H15F3N2O/c1-6-4-8(7(2)15(6)3)9(16,5-14)10(11,12)13/h4,16H,5,14H2,1-3H3. The number of nitrogens with two attached hydrogens (primary N) is 1. The molecule has 0 spiro atoms. The minimum atomic E-state index is -4.78. The molecule has 0 radical (unpaired) electrons. The highest BCUT2D eigenvalue weighted by atomic mass is 19.4. The van der Waals surface area contributed by atoms with Gasteiger partial charge in [0.2, 0.25) is 0 Å². The summed E-state index contributed by atoms with van der Waals surface area (Å²) in [5.74, 6) is 0. The van der Waals surface area contributed by atoms with Gasteiger partial charge in [-0.3, -0.25) is 0 Å². The number of aromatic nitrogens is 1. The topological polar surface area (TPSA) is 51.2 Å². The van der Waals surface area contributed by atoms with E-state index in [2.05, 4.69) is 0 Å². The fourth-order valence-electron chi connectivity index (χ4n) is 1.65. The summed E-state index contributed by atoms with van der Waals surface area (Å²) < 4.78 is 39.9. The molecule has 1 atom stereocenters. The van der Waals surface area contributed by atoms with E-state index < -0.39 is 18.3 Å². The van der Waals surface area contributed by atoms with E-state index in [4.69, 9.17) is 5.73 Å². The van der Waals surface area contributed by atoms with Gasteiger partial charge in [-0.2, -0.15) is 13.2 Å². The molecule has 0 saturated carbocycles. The SMILES string of the molecule is Cc1cc(C(O)(CN)C(F)(F)F)c(C)n1C. The van der Waals surface area contributed by atoms with Crippen molar-refractivity contribution in [3.05, 3.63) is 23.0 Å². The summed E-state index contributed by atoms with van der Waals surface area (Å²) in [7, 11) is 1.64. The molecule has 0 fully saturated rings. The van der Waals surface area contributed by atoms with Gasteiger partial charge in [-0.15, -0.1) is 0 Å². The summed E-state index contributed by atoms with van der Waals surface area (Å²) in [5.41, 5.74) is 2.93. The molecule has 1 rings (SSSR count). The number of hydrogen-bond acceptors (Lipinski definition) is 2. The molecule has 0 aromatic carbocycles. The molecule has 1 heterocycles. The Bertz CT molecular complexity index is 398. The normalized spacial score (nSPS) is 16.2. The number of alkyl halides is 3. The van der Waals surface area contributed by atoms with Crippen molar-refractivity contribution in [2.24, 2.45) is 12.8 Å². The van der Waals surface area contributed by atoms with Crippen molar-refractivity contribution in [1.82, 2.24) is 4.57 Å². The van der Waals surface area contributed by atoms with Crippen LogP contribution in [0.25, 0.3) is 0 Å². The van der Waals surface area contributed by atoms with Gasteiger partial charge < -0.3 is 15.4 Å². The van der Waals surface area contributed by atoms with Crippen LogP contribution in [-0.2, 0) is 12.6 Å². The van der Waals surface area contributed by atoms with E-state index in [1.165, 1.54) is 13.0 Å². The number of aryl methyl sites for hydroxylation is 1. The first kappa shape index (κ1) is 13.1. The zero-order valence-electron chi connectivity index (χ0n) is 9.39. The Hall–Kier alpha value is -1.01. The maximum Gasteiger partial charge on any atom is 0.422 e. The molecule has 0 amide bonds. The van der Waals surface area contributed by atoms with Crippen molar-refractivity contribution >= 4 is 0 Å². The van der Waals surface area contributed by atoms with Gasteiger partial charge in [0.05, 0.1) is 0 Å². The molecule has 0 aliphatic heterocycles. The fraction of sp³-hybridized carbons (Fsp3) is 0.600. The molecule has 0 aliphatic rings. The molecule has 1 aromatic rings. The number of hydrogen-bond donors (Lipinski definition) is 2. The Morgan fingerprint density at radius 2 is 1.88 bits per heavy atom. The van der Waals surface area contributed by atoms with Crippen LogP contribution < -0.4 is 5.73 Å². The Morgan fingerprint density at radius 1 is 1.38 bits per heavy atom. The quantitative estimate of drug-likeness (QED) is 0.814. The van der Waals surface area contributed by atoms with E-state index in [1.807, 2.05) is 0 Å². The van der Waals surface area contributed by atoms with Crippen LogP contribution in [-0.4, -0.2) is 22.4 Å². The molecular weight excluding hydrogens is 221 g/mol. The van der Waals surface area contributed by atoms with E-state index in [1.54, 1.807) is 18.5 Å². The average molecular weight is 236 g/mol. The molecule has 92 valence electrons. The van der Waals surface area contributed by atoms with E-state index in [0.29, 0.717) is 11.4 Å². The van der Waals surface area contributed by atoms with Gasteiger partial charge in [0, 0.05) is 30.5 Å². The third-order valence-corrected chi connectivity index (χ3v) is 2.99. The van der Waals surface area contributed by atoms with E-state index in [0.717, 1.165) is 0 Å². The summed E-state index contributed by atoms with van der Waals surface area (Å²) >= 11 is 0. The lowest BCUT2D eigenvalue weighted by Gasteiger charge is -2.29. The molecule has 3 N–H and O–H groups in total. The minimum absolute atomic E-state index is 0.178. The number of nitrogens with zero attached hydrogens (tertiary/aromatic N) is 1. The van der Waals surface area contributed by atoms with Gasteiger partial charge in [-0.05, 0) is 19.9 Å². The smallest absolute Gasteiger partial charge is 0.375 e. The third-order valence-electron chi connectivity index (χ3n) is 2.99. The maximum atomic E-state index is 12.8. The second-order valence-electron chi connectivity index (χ2n) is 3.91. The van der Waals surface area contributed by atoms with Gasteiger partial charge in [0.25, 0.3) is 0 Å². The number of halogens is 3. The average Bonchev–Trinajstić information content (AvgIpc) is 2.43. The number of rotatable bonds is 2. The summed E-state index contributed by atoms with van der Waals surface area (Å²) in [5, 5.41) is 9.68. The zero-order chi connectivity index (χ0) is 12.7. The fourth-order valence-corrected chi connectivity index (χ4v) is 1.65. The van der Waals surface area contributed by atoms with Gasteiger partial charge in [-0.25, -0.2) is 0 Å². The Balaban J connectivity index is 3.40. The van der Waals surface area contributed by atoms with Crippen LogP contribution in [0, 0.1) is 13.8 Å².